The predicted octanol–water partition coefficient (Wildman–Crippen LogP) is 6.28. The first-order valence-electron chi connectivity index (χ1n) is 11.2. The molecule has 1 fully saturated rings. The molecule has 2 aromatic carbocycles. The summed E-state index contributed by atoms with van der Waals surface area (Å²) in [6, 6.07) is 14.4. The van der Waals surface area contributed by atoms with Crippen LogP contribution in [0.25, 0.3) is 16.0 Å². The summed E-state index contributed by atoms with van der Waals surface area (Å²) in [7, 11) is 0. The standard InChI is InChI=1S/C27H25ClN4O3/c1-18-23(11-10-22(29-4)24(18)28)32-25(33)27(2,3)31(26(32)34)16-5-17-35-21-8-6-19(7-9-21)20-12-14-30-15-13-20/h6-15H,5,16-17H2,1-3H3. The van der Waals surface area contributed by atoms with E-state index in [1.54, 1.807) is 44.1 Å². The van der Waals surface area contributed by atoms with E-state index in [0.29, 0.717) is 30.8 Å². The fourth-order valence-corrected chi connectivity index (χ4v) is 4.32. The number of amides is 3. The number of carbonyl (C=O) groups excluding carboxylic acids is 2. The van der Waals surface area contributed by atoms with Crippen LogP contribution in [0.1, 0.15) is 25.8 Å². The van der Waals surface area contributed by atoms with Crippen LogP contribution in [-0.2, 0) is 4.79 Å². The Kier molecular flexibility index (Phi) is 6.77. The second kappa shape index (κ2) is 9.77. The van der Waals surface area contributed by atoms with E-state index in [0.717, 1.165) is 21.8 Å². The number of nitrogens with zero attached hydrogens (tertiary/aromatic N) is 4. The minimum Gasteiger partial charge on any atom is -0.494 e. The third kappa shape index (κ3) is 4.58. The number of aromatic nitrogens is 1. The lowest BCUT2D eigenvalue weighted by Crippen LogP contribution is -2.44. The van der Waals surface area contributed by atoms with E-state index in [4.69, 9.17) is 22.9 Å². The van der Waals surface area contributed by atoms with Crippen molar-refractivity contribution in [1.82, 2.24) is 9.88 Å². The van der Waals surface area contributed by atoms with Crippen LogP contribution in [0.3, 0.4) is 0 Å². The minimum atomic E-state index is -1.01. The Bertz CT molecular complexity index is 1300. The van der Waals surface area contributed by atoms with E-state index in [1.165, 1.54) is 6.07 Å². The molecule has 3 aromatic rings. The number of rotatable bonds is 7. The smallest absolute Gasteiger partial charge is 0.332 e. The fourth-order valence-electron chi connectivity index (χ4n) is 4.11. The monoisotopic (exact) mass is 488 g/mol. The van der Waals surface area contributed by atoms with Gasteiger partial charge in [-0.05, 0) is 74.2 Å². The Morgan fingerprint density at radius 2 is 1.69 bits per heavy atom. The summed E-state index contributed by atoms with van der Waals surface area (Å²) < 4.78 is 5.86. The molecule has 2 heterocycles. The van der Waals surface area contributed by atoms with Gasteiger partial charge in [-0.2, -0.15) is 0 Å². The SMILES string of the molecule is [C-]#[N+]c1ccc(N2C(=O)N(CCCOc3ccc(-c4ccncc4)cc3)C(C)(C)C2=O)c(C)c1Cl. The van der Waals surface area contributed by atoms with Gasteiger partial charge in [0, 0.05) is 18.9 Å². The molecule has 0 spiro atoms. The molecule has 0 atom stereocenters. The lowest BCUT2D eigenvalue weighted by atomic mass is 10.0. The van der Waals surface area contributed by atoms with Crippen molar-refractivity contribution in [2.45, 2.75) is 32.7 Å². The van der Waals surface area contributed by atoms with Gasteiger partial charge in [0.25, 0.3) is 5.91 Å². The molecule has 178 valence electrons. The first kappa shape index (κ1) is 24.2. The summed E-state index contributed by atoms with van der Waals surface area (Å²) in [5.41, 5.74) is 2.35. The average Bonchev–Trinajstić information content (AvgIpc) is 3.03. The quantitative estimate of drug-likeness (QED) is 0.223. The van der Waals surface area contributed by atoms with Crippen molar-refractivity contribution < 1.29 is 14.3 Å². The molecule has 0 aliphatic carbocycles. The normalized spacial score (nSPS) is 14.8. The number of halogens is 1. The van der Waals surface area contributed by atoms with E-state index in [9.17, 15) is 9.59 Å². The molecule has 8 heteroatoms. The van der Waals surface area contributed by atoms with Crippen LogP contribution in [0, 0.1) is 13.5 Å². The van der Waals surface area contributed by atoms with E-state index in [1.807, 2.05) is 36.4 Å². The van der Waals surface area contributed by atoms with Gasteiger partial charge in [0.2, 0.25) is 5.69 Å². The molecule has 1 aliphatic heterocycles. The van der Waals surface area contributed by atoms with E-state index in [-0.39, 0.29) is 16.6 Å². The van der Waals surface area contributed by atoms with Crippen molar-refractivity contribution in [3.05, 3.63) is 82.9 Å². The van der Waals surface area contributed by atoms with Crippen LogP contribution < -0.4 is 9.64 Å². The summed E-state index contributed by atoms with van der Waals surface area (Å²) in [6.07, 6.45) is 4.06. The second-order valence-electron chi connectivity index (χ2n) is 8.75. The highest BCUT2D eigenvalue weighted by atomic mass is 35.5. The zero-order chi connectivity index (χ0) is 25.2. The van der Waals surface area contributed by atoms with Gasteiger partial charge in [-0.15, -0.1) is 0 Å². The van der Waals surface area contributed by atoms with Crippen molar-refractivity contribution in [2.24, 2.45) is 0 Å². The van der Waals surface area contributed by atoms with Gasteiger partial charge in [-0.25, -0.2) is 14.5 Å². The van der Waals surface area contributed by atoms with E-state index < -0.39 is 11.6 Å². The molecule has 35 heavy (non-hydrogen) atoms. The summed E-state index contributed by atoms with van der Waals surface area (Å²) in [5.74, 6) is 0.405. The lowest BCUT2D eigenvalue weighted by molar-refractivity contribution is -0.123. The van der Waals surface area contributed by atoms with Crippen molar-refractivity contribution in [3.8, 4) is 16.9 Å². The average molecular weight is 489 g/mol. The largest absolute Gasteiger partial charge is 0.494 e. The molecule has 0 N–H and O–H groups in total. The number of anilines is 1. The highest BCUT2D eigenvalue weighted by Gasteiger charge is 2.51. The Hall–Kier alpha value is -3.89. The van der Waals surface area contributed by atoms with Crippen molar-refractivity contribution >= 4 is 34.9 Å². The van der Waals surface area contributed by atoms with Crippen LogP contribution in [-0.4, -0.2) is 40.5 Å². The number of ether oxygens (including phenoxy) is 1. The first-order valence-corrected chi connectivity index (χ1v) is 11.6. The van der Waals surface area contributed by atoms with Crippen LogP contribution in [0.4, 0.5) is 16.2 Å². The Labute approximate surface area is 209 Å². The maximum Gasteiger partial charge on any atom is 0.332 e. The van der Waals surface area contributed by atoms with Crippen molar-refractivity contribution in [3.63, 3.8) is 0 Å². The number of urea groups is 1. The van der Waals surface area contributed by atoms with Crippen LogP contribution in [0.5, 0.6) is 5.75 Å². The first-order chi connectivity index (χ1) is 16.8. The molecule has 0 bridgehead atoms. The maximum atomic E-state index is 13.3. The number of imide groups is 1. The summed E-state index contributed by atoms with van der Waals surface area (Å²) in [5, 5.41) is 0.248. The number of hydrogen-bond donors (Lipinski definition) is 0. The molecule has 1 aliphatic rings. The molecule has 1 saturated heterocycles. The molecule has 0 unspecified atom stereocenters. The summed E-state index contributed by atoms with van der Waals surface area (Å²) in [4.78, 5) is 36.6. The van der Waals surface area contributed by atoms with Crippen LogP contribution in [0.15, 0.2) is 60.9 Å². The highest BCUT2D eigenvalue weighted by molar-refractivity contribution is 6.35. The van der Waals surface area contributed by atoms with Gasteiger partial charge in [0.1, 0.15) is 11.3 Å². The Balaban J connectivity index is 1.40. The summed E-state index contributed by atoms with van der Waals surface area (Å²) in [6.45, 7) is 13.1. The van der Waals surface area contributed by atoms with E-state index in [2.05, 4.69) is 9.83 Å². The molecule has 1 aromatic heterocycles. The third-order valence-corrected chi connectivity index (χ3v) is 6.66. The number of pyridine rings is 1. The predicted molar refractivity (Wildman–Crippen MR) is 136 cm³/mol. The fraction of sp³-hybridized carbons (Fsp3) is 0.259. The molecule has 0 saturated carbocycles. The van der Waals surface area contributed by atoms with Crippen molar-refractivity contribution in [1.29, 1.82) is 0 Å². The van der Waals surface area contributed by atoms with Crippen LogP contribution >= 0.6 is 11.6 Å². The van der Waals surface area contributed by atoms with Gasteiger partial charge in [-0.1, -0.05) is 29.8 Å². The molecular weight excluding hydrogens is 464 g/mol. The van der Waals surface area contributed by atoms with Crippen LogP contribution in [0.2, 0.25) is 5.02 Å². The highest BCUT2D eigenvalue weighted by Crippen LogP contribution is 2.39. The van der Waals surface area contributed by atoms with Gasteiger partial charge in [-0.3, -0.25) is 9.78 Å². The summed E-state index contributed by atoms with van der Waals surface area (Å²) >= 11 is 6.29. The third-order valence-electron chi connectivity index (χ3n) is 6.18. The molecular formula is C27H25ClN4O3. The number of hydrogen-bond acceptors (Lipinski definition) is 4. The molecule has 0 radical (unpaired) electrons. The molecule has 4 rings (SSSR count). The van der Waals surface area contributed by atoms with Gasteiger partial charge in [0.15, 0.2) is 0 Å². The second-order valence-corrected chi connectivity index (χ2v) is 9.13. The lowest BCUT2D eigenvalue weighted by Gasteiger charge is -2.27. The zero-order valence-corrected chi connectivity index (χ0v) is 20.5. The van der Waals surface area contributed by atoms with Crippen molar-refractivity contribution in [2.75, 3.05) is 18.1 Å². The van der Waals surface area contributed by atoms with Gasteiger partial charge < -0.3 is 9.64 Å². The number of carbonyl (C=O) groups is 2. The maximum absolute atomic E-state index is 13.3. The van der Waals surface area contributed by atoms with E-state index >= 15 is 0 Å². The van der Waals surface area contributed by atoms with Gasteiger partial charge in [0.05, 0.1) is 23.9 Å². The molecule has 3 amide bonds. The Morgan fingerprint density at radius 3 is 2.34 bits per heavy atom. The topological polar surface area (TPSA) is 67.1 Å². The Morgan fingerprint density at radius 1 is 1.03 bits per heavy atom. The number of benzene rings is 2. The molecule has 7 nitrogen and oxygen atoms in total. The minimum absolute atomic E-state index is 0.248. The zero-order valence-electron chi connectivity index (χ0n) is 19.8. The van der Waals surface area contributed by atoms with Gasteiger partial charge >= 0.3 is 6.03 Å².